The lowest BCUT2D eigenvalue weighted by Gasteiger charge is -2.41. The van der Waals surface area contributed by atoms with Gasteiger partial charge in [0.15, 0.2) is 5.82 Å². The molecule has 0 bridgehead atoms. The summed E-state index contributed by atoms with van der Waals surface area (Å²) < 4.78 is 0.776. The number of nitrogens with one attached hydrogen (secondary N) is 2. The third-order valence-electron chi connectivity index (χ3n) is 3.74. The van der Waals surface area contributed by atoms with Crippen molar-refractivity contribution < 1.29 is 4.79 Å². The predicted molar refractivity (Wildman–Crippen MR) is 91.8 cm³/mol. The van der Waals surface area contributed by atoms with E-state index >= 15 is 0 Å². The zero-order chi connectivity index (χ0) is 16.6. The Labute approximate surface area is 144 Å². The number of hydrogen-bond donors (Lipinski definition) is 2. The molecular weight excluding hydrogens is 334 g/mol. The lowest BCUT2D eigenvalue weighted by atomic mass is 9.90. The first kappa shape index (κ1) is 16.3. The number of H-pyrrole nitrogens is 1. The van der Waals surface area contributed by atoms with Crippen LogP contribution in [0.3, 0.4) is 0 Å². The molecule has 3 rings (SSSR count). The van der Waals surface area contributed by atoms with E-state index < -0.39 is 0 Å². The smallest absolute Gasteiger partial charge is 0.227 e. The van der Waals surface area contributed by atoms with Crippen molar-refractivity contribution in [1.82, 2.24) is 20.1 Å². The van der Waals surface area contributed by atoms with Gasteiger partial charge in [0.05, 0.1) is 16.8 Å². The number of carbonyl (C=O) groups excluding carboxylic acids is 1. The molecule has 0 aromatic carbocycles. The van der Waals surface area contributed by atoms with Crippen molar-refractivity contribution in [3.8, 4) is 0 Å². The number of nitrogens with zero attached hydrogens (tertiary/aromatic N) is 3. The van der Waals surface area contributed by atoms with E-state index in [9.17, 15) is 4.79 Å². The van der Waals surface area contributed by atoms with Gasteiger partial charge in [-0.1, -0.05) is 32.4 Å². The minimum absolute atomic E-state index is 0.178. The molecule has 2 N–H and O–H groups in total. The standard InChI is InChI=1S/C15H20ClN5OS/c1-15(2,3)13(22)21-7-9(8-21)12-18-14(20-19-12)17-6-10-4-5-11(16)23-10/h4-5,9H,6-8H2,1-3H3,(H2,17,18,19,20). The lowest BCUT2D eigenvalue weighted by Crippen LogP contribution is -2.52. The van der Waals surface area contributed by atoms with Gasteiger partial charge in [0.2, 0.25) is 11.9 Å². The summed E-state index contributed by atoms with van der Waals surface area (Å²) in [5.74, 6) is 1.79. The number of amides is 1. The molecule has 1 aliphatic rings. The molecule has 23 heavy (non-hydrogen) atoms. The normalized spacial score (nSPS) is 15.6. The molecular formula is C15H20ClN5OS. The van der Waals surface area contributed by atoms with E-state index in [0.29, 0.717) is 25.6 Å². The molecule has 6 nitrogen and oxygen atoms in total. The SMILES string of the molecule is CC(C)(C)C(=O)N1CC(c2n[nH]c(NCc3ccc(Cl)s3)n2)C1. The summed E-state index contributed by atoms with van der Waals surface area (Å²) in [5, 5.41) is 10.4. The molecule has 1 amide bonds. The monoisotopic (exact) mass is 353 g/mol. The summed E-state index contributed by atoms with van der Waals surface area (Å²) in [6, 6.07) is 3.86. The topological polar surface area (TPSA) is 73.9 Å². The van der Waals surface area contributed by atoms with Gasteiger partial charge in [-0.05, 0) is 12.1 Å². The molecule has 0 radical (unpaired) electrons. The number of rotatable bonds is 4. The van der Waals surface area contributed by atoms with Crippen LogP contribution in [0.4, 0.5) is 5.95 Å². The molecule has 1 fully saturated rings. The van der Waals surface area contributed by atoms with Gasteiger partial charge < -0.3 is 10.2 Å². The van der Waals surface area contributed by atoms with Gasteiger partial charge >= 0.3 is 0 Å². The third-order valence-corrected chi connectivity index (χ3v) is 4.97. The molecule has 8 heteroatoms. The van der Waals surface area contributed by atoms with E-state index in [0.717, 1.165) is 15.0 Å². The second-order valence-electron chi connectivity index (χ2n) is 6.76. The molecule has 2 aromatic heterocycles. The van der Waals surface area contributed by atoms with Crippen LogP contribution in [0.5, 0.6) is 0 Å². The summed E-state index contributed by atoms with van der Waals surface area (Å²) in [4.78, 5) is 19.6. The maximum Gasteiger partial charge on any atom is 0.227 e. The van der Waals surface area contributed by atoms with Crippen LogP contribution in [-0.2, 0) is 11.3 Å². The van der Waals surface area contributed by atoms with Crippen molar-refractivity contribution in [2.45, 2.75) is 33.2 Å². The highest BCUT2D eigenvalue weighted by Crippen LogP contribution is 2.29. The molecule has 124 valence electrons. The van der Waals surface area contributed by atoms with Gasteiger partial charge in [-0.3, -0.25) is 4.79 Å². The fraction of sp³-hybridized carbons (Fsp3) is 0.533. The van der Waals surface area contributed by atoms with E-state index in [1.54, 1.807) is 0 Å². The van der Waals surface area contributed by atoms with Crippen molar-refractivity contribution in [1.29, 1.82) is 0 Å². The summed E-state index contributed by atoms with van der Waals surface area (Å²) in [6.07, 6.45) is 0. The average molecular weight is 354 g/mol. The number of carbonyl (C=O) groups is 1. The van der Waals surface area contributed by atoms with Crippen LogP contribution in [0, 0.1) is 5.41 Å². The summed E-state index contributed by atoms with van der Waals surface area (Å²) in [5.41, 5.74) is -0.335. The Hall–Kier alpha value is -1.60. The highest BCUT2D eigenvalue weighted by molar-refractivity contribution is 7.16. The van der Waals surface area contributed by atoms with Gasteiger partial charge in [-0.15, -0.1) is 11.3 Å². The molecule has 1 aliphatic heterocycles. The maximum atomic E-state index is 12.1. The molecule has 0 saturated carbocycles. The molecule has 3 heterocycles. The van der Waals surface area contributed by atoms with Crippen LogP contribution in [0.15, 0.2) is 12.1 Å². The fourth-order valence-corrected chi connectivity index (χ4v) is 3.46. The van der Waals surface area contributed by atoms with Crippen LogP contribution in [0.2, 0.25) is 4.34 Å². The van der Waals surface area contributed by atoms with Gasteiger partial charge in [-0.25, -0.2) is 5.10 Å². The molecule has 2 aromatic rings. The first-order valence-corrected chi connectivity index (χ1v) is 8.72. The molecule has 0 aliphatic carbocycles. The Morgan fingerprint density at radius 3 is 2.83 bits per heavy atom. The highest BCUT2D eigenvalue weighted by Gasteiger charge is 2.38. The van der Waals surface area contributed by atoms with Crippen molar-refractivity contribution in [2.24, 2.45) is 5.41 Å². The number of hydrogen-bond acceptors (Lipinski definition) is 5. The van der Waals surface area contributed by atoms with Crippen molar-refractivity contribution in [2.75, 3.05) is 18.4 Å². The van der Waals surface area contributed by atoms with Crippen LogP contribution >= 0.6 is 22.9 Å². The van der Waals surface area contributed by atoms with Crippen molar-refractivity contribution >= 4 is 34.8 Å². The van der Waals surface area contributed by atoms with Crippen LogP contribution < -0.4 is 5.32 Å². The molecule has 0 spiro atoms. The van der Waals surface area contributed by atoms with E-state index in [-0.39, 0.29) is 17.2 Å². The van der Waals surface area contributed by atoms with E-state index in [4.69, 9.17) is 11.6 Å². The van der Waals surface area contributed by atoms with Crippen LogP contribution in [0.25, 0.3) is 0 Å². The zero-order valence-corrected chi connectivity index (χ0v) is 15.0. The first-order valence-electron chi connectivity index (χ1n) is 7.52. The van der Waals surface area contributed by atoms with Crippen LogP contribution in [0.1, 0.15) is 37.4 Å². The molecule has 0 unspecified atom stereocenters. The van der Waals surface area contributed by atoms with Crippen molar-refractivity contribution in [3.05, 3.63) is 27.2 Å². The fourth-order valence-electron chi connectivity index (χ4n) is 2.44. The number of aromatic nitrogens is 3. The lowest BCUT2D eigenvalue weighted by molar-refractivity contribution is -0.144. The Kier molecular flexibility index (Phi) is 4.33. The highest BCUT2D eigenvalue weighted by atomic mass is 35.5. The Bertz CT molecular complexity index is 699. The average Bonchev–Trinajstić information content (AvgIpc) is 3.03. The van der Waals surface area contributed by atoms with E-state index in [1.807, 2.05) is 37.8 Å². The van der Waals surface area contributed by atoms with E-state index in [1.165, 1.54) is 11.3 Å². The van der Waals surface area contributed by atoms with Crippen LogP contribution in [-0.4, -0.2) is 39.1 Å². The van der Waals surface area contributed by atoms with Gasteiger partial charge in [0.25, 0.3) is 0 Å². The third kappa shape index (κ3) is 3.67. The minimum Gasteiger partial charge on any atom is -0.350 e. The predicted octanol–water partition coefficient (Wildman–Crippen LogP) is 3.10. The zero-order valence-electron chi connectivity index (χ0n) is 13.4. The Morgan fingerprint density at radius 1 is 1.48 bits per heavy atom. The second-order valence-corrected chi connectivity index (χ2v) is 8.56. The number of halogens is 1. The van der Waals surface area contributed by atoms with Gasteiger partial charge in [0.1, 0.15) is 0 Å². The Morgan fingerprint density at radius 2 is 2.22 bits per heavy atom. The number of aromatic amines is 1. The number of thiophene rings is 1. The van der Waals surface area contributed by atoms with Gasteiger partial charge in [0, 0.05) is 23.4 Å². The number of likely N-dealkylation sites (tertiary alicyclic amines) is 1. The molecule has 0 atom stereocenters. The minimum atomic E-state index is -0.335. The van der Waals surface area contributed by atoms with Crippen molar-refractivity contribution in [3.63, 3.8) is 0 Å². The maximum absolute atomic E-state index is 12.1. The van der Waals surface area contributed by atoms with E-state index in [2.05, 4.69) is 20.5 Å². The quantitative estimate of drug-likeness (QED) is 0.885. The number of anilines is 1. The summed E-state index contributed by atoms with van der Waals surface area (Å²) >= 11 is 7.45. The van der Waals surface area contributed by atoms with Gasteiger partial charge in [-0.2, -0.15) is 10.1 Å². The first-order chi connectivity index (χ1) is 10.8. The summed E-state index contributed by atoms with van der Waals surface area (Å²) in [7, 11) is 0. The molecule has 1 saturated heterocycles. The second kappa shape index (κ2) is 6.13. The largest absolute Gasteiger partial charge is 0.350 e. The Balaban J connectivity index is 1.52. The summed E-state index contributed by atoms with van der Waals surface area (Å²) in [6.45, 7) is 7.85.